The topological polar surface area (TPSA) is 117 Å². The monoisotopic (exact) mass is 382 g/mol. The van der Waals surface area contributed by atoms with E-state index in [1.54, 1.807) is 6.92 Å². The number of hydrogen-bond donors (Lipinski definition) is 0. The molecule has 148 valence electrons. The van der Waals surface area contributed by atoms with Gasteiger partial charge < -0.3 is 23.8 Å². The highest BCUT2D eigenvalue weighted by Crippen LogP contribution is 2.35. The van der Waals surface area contributed by atoms with Gasteiger partial charge in [0.1, 0.15) is 5.56 Å². The Labute approximate surface area is 156 Å². The quantitative estimate of drug-likeness (QED) is 0.395. The van der Waals surface area contributed by atoms with Gasteiger partial charge in [-0.15, -0.1) is 0 Å². The molecule has 0 aliphatic carbocycles. The molecule has 0 radical (unpaired) electrons. The van der Waals surface area contributed by atoms with E-state index in [0.717, 1.165) is 6.07 Å². The van der Waals surface area contributed by atoms with Crippen molar-refractivity contribution in [2.24, 2.45) is 0 Å². The third-order valence-corrected chi connectivity index (χ3v) is 3.92. The summed E-state index contributed by atoms with van der Waals surface area (Å²) in [7, 11) is 1.33. The van der Waals surface area contributed by atoms with Crippen LogP contribution in [0.25, 0.3) is 0 Å². The number of hydrogen-bond acceptors (Lipinski definition) is 8. The fourth-order valence-electron chi connectivity index (χ4n) is 2.63. The first kappa shape index (κ1) is 20.4. The van der Waals surface area contributed by atoms with Crippen molar-refractivity contribution in [2.45, 2.75) is 20.0 Å². The highest BCUT2D eigenvalue weighted by molar-refractivity contribution is 5.96. The fraction of sp³-hybridized carbons (Fsp3) is 0.529. The number of carbonyl (C=O) groups excluding carboxylic acids is 2. The second-order valence-electron chi connectivity index (χ2n) is 5.81. The molecule has 1 heterocycles. The van der Waals surface area contributed by atoms with Crippen LogP contribution in [-0.2, 0) is 14.3 Å². The molecule has 1 aliphatic rings. The van der Waals surface area contributed by atoms with Crippen LogP contribution in [0, 0.1) is 10.1 Å². The molecule has 0 bridgehead atoms. The summed E-state index contributed by atoms with van der Waals surface area (Å²) in [5.74, 6) is -1.08. The van der Waals surface area contributed by atoms with Crippen LogP contribution in [0.5, 0.6) is 11.5 Å². The van der Waals surface area contributed by atoms with Gasteiger partial charge in [0.2, 0.25) is 0 Å². The van der Waals surface area contributed by atoms with Crippen molar-refractivity contribution >= 4 is 17.6 Å². The van der Waals surface area contributed by atoms with Gasteiger partial charge in [0.15, 0.2) is 18.1 Å². The lowest BCUT2D eigenvalue weighted by Crippen LogP contribution is -2.46. The van der Waals surface area contributed by atoms with Gasteiger partial charge in [-0.3, -0.25) is 14.9 Å². The molecule has 0 aromatic heterocycles. The summed E-state index contributed by atoms with van der Waals surface area (Å²) in [6, 6.07) is 2.27. The first-order valence-electron chi connectivity index (χ1n) is 8.43. The first-order chi connectivity index (χ1) is 12.9. The number of esters is 1. The van der Waals surface area contributed by atoms with E-state index in [4.69, 9.17) is 18.9 Å². The predicted molar refractivity (Wildman–Crippen MR) is 93.1 cm³/mol. The van der Waals surface area contributed by atoms with Gasteiger partial charge in [-0.05, 0) is 13.8 Å². The maximum Gasteiger partial charge on any atom is 0.345 e. The highest BCUT2D eigenvalue weighted by atomic mass is 16.6. The Morgan fingerprint density at radius 2 is 2.11 bits per heavy atom. The number of carbonyl (C=O) groups is 2. The van der Waals surface area contributed by atoms with E-state index in [1.807, 2.05) is 6.92 Å². The Kier molecular flexibility index (Phi) is 6.94. The van der Waals surface area contributed by atoms with E-state index < -0.39 is 23.2 Å². The Morgan fingerprint density at radius 1 is 1.37 bits per heavy atom. The van der Waals surface area contributed by atoms with Crippen LogP contribution in [0.15, 0.2) is 12.1 Å². The van der Waals surface area contributed by atoms with Crippen LogP contribution in [0.4, 0.5) is 5.69 Å². The van der Waals surface area contributed by atoms with E-state index in [0.29, 0.717) is 19.7 Å². The summed E-state index contributed by atoms with van der Waals surface area (Å²) in [6.45, 7) is 4.52. The van der Waals surface area contributed by atoms with Crippen molar-refractivity contribution in [1.29, 1.82) is 0 Å². The minimum absolute atomic E-state index is 0.102. The van der Waals surface area contributed by atoms with E-state index in [9.17, 15) is 19.7 Å². The summed E-state index contributed by atoms with van der Waals surface area (Å²) in [5, 5.41) is 11.3. The molecule has 0 N–H and O–H groups in total. The first-order valence-corrected chi connectivity index (χ1v) is 8.43. The minimum atomic E-state index is -0.986. The number of benzene rings is 1. The standard InChI is InChI=1S/C17H22N2O8/c1-4-25-15-7-12(13(19(22)23)8-14(15)24-3)17(21)27-10-16(20)18-5-6-26-11(2)9-18/h7-8,11H,4-6,9-10H2,1-3H3. The molecule has 2 rings (SSSR count). The van der Waals surface area contributed by atoms with Crippen LogP contribution in [-0.4, -0.2) is 67.8 Å². The Morgan fingerprint density at radius 3 is 2.70 bits per heavy atom. The molecule has 0 saturated carbocycles. The lowest BCUT2D eigenvalue weighted by atomic mass is 10.1. The van der Waals surface area contributed by atoms with Crippen molar-refractivity contribution in [3.8, 4) is 11.5 Å². The molecule has 1 fully saturated rings. The van der Waals surface area contributed by atoms with Crippen LogP contribution in [0.2, 0.25) is 0 Å². The number of ether oxygens (including phenoxy) is 4. The number of nitro groups is 1. The second-order valence-corrected chi connectivity index (χ2v) is 5.81. The minimum Gasteiger partial charge on any atom is -0.493 e. The number of methoxy groups -OCH3 is 1. The van der Waals surface area contributed by atoms with Crippen molar-refractivity contribution in [2.75, 3.05) is 40.0 Å². The maximum atomic E-state index is 12.4. The molecule has 1 amide bonds. The summed E-state index contributed by atoms with van der Waals surface area (Å²) in [5.41, 5.74) is -0.805. The predicted octanol–water partition coefficient (Wildman–Crippen LogP) is 1.41. The van der Waals surface area contributed by atoms with Crippen LogP contribution in [0.3, 0.4) is 0 Å². The van der Waals surface area contributed by atoms with Gasteiger partial charge in [-0.1, -0.05) is 0 Å². The Balaban J connectivity index is 2.15. The highest BCUT2D eigenvalue weighted by Gasteiger charge is 2.28. The third-order valence-electron chi connectivity index (χ3n) is 3.92. The summed E-state index contributed by atoms with van der Waals surface area (Å²) in [4.78, 5) is 36.6. The molecule has 1 aromatic carbocycles. The lowest BCUT2D eigenvalue weighted by Gasteiger charge is -2.30. The van der Waals surface area contributed by atoms with Gasteiger partial charge >= 0.3 is 5.97 Å². The summed E-state index contributed by atoms with van der Waals surface area (Å²) in [6.07, 6.45) is -0.102. The van der Waals surface area contributed by atoms with Gasteiger partial charge in [-0.25, -0.2) is 4.79 Å². The summed E-state index contributed by atoms with van der Waals surface area (Å²) < 4.78 is 20.8. The largest absolute Gasteiger partial charge is 0.493 e. The molecular formula is C17H22N2O8. The molecule has 27 heavy (non-hydrogen) atoms. The third kappa shape index (κ3) is 5.07. The average molecular weight is 382 g/mol. The van der Waals surface area contributed by atoms with E-state index in [2.05, 4.69) is 0 Å². The van der Waals surface area contributed by atoms with Gasteiger partial charge in [0, 0.05) is 19.2 Å². The van der Waals surface area contributed by atoms with Gasteiger partial charge in [0.25, 0.3) is 11.6 Å². The zero-order valence-electron chi connectivity index (χ0n) is 15.4. The molecule has 1 aromatic rings. The maximum absolute atomic E-state index is 12.4. The van der Waals surface area contributed by atoms with Crippen molar-refractivity contribution < 1.29 is 33.5 Å². The molecule has 10 nitrogen and oxygen atoms in total. The molecule has 1 aliphatic heterocycles. The number of nitrogens with zero attached hydrogens (tertiary/aromatic N) is 2. The molecule has 1 unspecified atom stereocenters. The number of nitro benzene ring substituents is 1. The SMILES string of the molecule is CCOc1cc(C(=O)OCC(=O)N2CCOC(C)C2)c([N+](=O)[O-])cc1OC. The smallest absolute Gasteiger partial charge is 0.345 e. The van der Waals surface area contributed by atoms with E-state index >= 15 is 0 Å². The van der Waals surface area contributed by atoms with Crippen LogP contribution in [0.1, 0.15) is 24.2 Å². The van der Waals surface area contributed by atoms with E-state index in [-0.39, 0.29) is 35.7 Å². The van der Waals surface area contributed by atoms with E-state index in [1.165, 1.54) is 18.1 Å². The summed E-state index contributed by atoms with van der Waals surface area (Å²) >= 11 is 0. The number of rotatable bonds is 7. The second kappa shape index (κ2) is 9.17. The van der Waals surface area contributed by atoms with Gasteiger partial charge in [-0.2, -0.15) is 0 Å². The van der Waals surface area contributed by atoms with Crippen molar-refractivity contribution in [3.05, 3.63) is 27.8 Å². The molecule has 1 atom stereocenters. The fourth-order valence-corrected chi connectivity index (χ4v) is 2.63. The van der Waals surface area contributed by atoms with Crippen molar-refractivity contribution in [1.82, 2.24) is 4.90 Å². The number of amides is 1. The Hall–Kier alpha value is -2.88. The molecule has 0 spiro atoms. The molecule has 1 saturated heterocycles. The zero-order valence-corrected chi connectivity index (χ0v) is 15.4. The van der Waals surface area contributed by atoms with Crippen LogP contribution >= 0.6 is 0 Å². The normalized spacial score (nSPS) is 16.6. The van der Waals surface area contributed by atoms with Crippen molar-refractivity contribution in [3.63, 3.8) is 0 Å². The Bertz CT molecular complexity index is 721. The molecular weight excluding hydrogens is 360 g/mol. The molecule has 10 heteroatoms. The number of morpholine rings is 1. The average Bonchev–Trinajstić information content (AvgIpc) is 2.65. The zero-order chi connectivity index (χ0) is 20.0. The van der Waals surface area contributed by atoms with Crippen LogP contribution < -0.4 is 9.47 Å². The lowest BCUT2D eigenvalue weighted by molar-refractivity contribution is -0.385. The van der Waals surface area contributed by atoms with Gasteiger partial charge in [0.05, 0.1) is 37.4 Å².